The molecule has 0 fully saturated rings. The lowest BCUT2D eigenvalue weighted by atomic mass is 9.98. The zero-order valence-electron chi connectivity index (χ0n) is 31.6. The highest BCUT2D eigenvalue weighted by Crippen LogP contribution is 2.40. The number of hydrogen-bond acceptors (Lipinski definition) is 3. The Morgan fingerprint density at radius 1 is 0.362 bits per heavy atom. The Balaban J connectivity index is 1.00. The molecule has 58 heavy (non-hydrogen) atoms. The van der Waals surface area contributed by atoms with Crippen LogP contribution in [0.3, 0.4) is 0 Å². The molecular weight excluding hydrogens is 705 g/mol. The zero-order chi connectivity index (χ0) is 38.4. The van der Waals surface area contributed by atoms with Gasteiger partial charge in [-0.3, -0.25) is 0 Å². The summed E-state index contributed by atoms with van der Waals surface area (Å²) in [6.45, 7) is 0. The molecule has 0 aliphatic rings. The Labute approximate surface area is 336 Å². The van der Waals surface area contributed by atoms with Gasteiger partial charge in [-0.1, -0.05) is 146 Å². The molecule has 272 valence electrons. The SMILES string of the molecule is c1ccc(-c2nc3c(-c4ccc5ccccc5c4)cccc3nc2-c2ccc(N(c3ccccc3)c3ccc(-n4c5ccccc5c5ccccc54)cc3)cc2)cc1. The average Bonchev–Trinajstić information content (AvgIpc) is 3.64. The zero-order valence-corrected chi connectivity index (χ0v) is 31.6. The van der Waals surface area contributed by atoms with E-state index in [-0.39, 0.29) is 0 Å². The number of nitrogens with zero attached hydrogens (tertiary/aromatic N) is 4. The third-order valence-corrected chi connectivity index (χ3v) is 11.2. The molecule has 4 heteroatoms. The van der Waals surface area contributed by atoms with Crippen LogP contribution in [0.25, 0.3) is 82.9 Å². The van der Waals surface area contributed by atoms with Gasteiger partial charge >= 0.3 is 0 Å². The van der Waals surface area contributed by atoms with E-state index in [1.165, 1.54) is 32.6 Å². The van der Waals surface area contributed by atoms with Crippen LogP contribution in [0.4, 0.5) is 17.1 Å². The maximum atomic E-state index is 5.42. The first-order valence-corrected chi connectivity index (χ1v) is 19.7. The lowest BCUT2D eigenvalue weighted by molar-refractivity contribution is 1.17. The quantitative estimate of drug-likeness (QED) is 0.163. The predicted octanol–water partition coefficient (Wildman–Crippen LogP) is 14.4. The summed E-state index contributed by atoms with van der Waals surface area (Å²) in [5, 5.41) is 4.93. The monoisotopic (exact) mass is 740 g/mol. The highest BCUT2D eigenvalue weighted by atomic mass is 15.1. The molecule has 0 aliphatic heterocycles. The van der Waals surface area contributed by atoms with Crippen molar-refractivity contribution in [3.05, 3.63) is 218 Å². The number of rotatable bonds is 7. The first kappa shape index (κ1) is 33.5. The first-order valence-electron chi connectivity index (χ1n) is 19.7. The van der Waals surface area contributed by atoms with Crippen LogP contribution >= 0.6 is 0 Å². The van der Waals surface area contributed by atoms with Gasteiger partial charge in [0, 0.05) is 50.2 Å². The van der Waals surface area contributed by atoms with Gasteiger partial charge in [-0.05, 0) is 89.1 Å². The van der Waals surface area contributed by atoms with Crippen molar-refractivity contribution in [2.24, 2.45) is 0 Å². The van der Waals surface area contributed by atoms with E-state index in [1.54, 1.807) is 0 Å². The fourth-order valence-electron chi connectivity index (χ4n) is 8.41. The maximum absolute atomic E-state index is 5.42. The smallest absolute Gasteiger partial charge is 0.0973 e. The van der Waals surface area contributed by atoms with Gasteiger partial charge in [0.05, 0.1) is 33.5 Å². The molecule has 0 unspecified atom stereocenters. The van der Waals surface area contributed by atoms with E-state index in [0.29, 0.717) is 0 Å². The Morgan fingerprint density at radius 3 is 1.60 bits per heavy atom. The van der Waals surface area contributed by atoms with E-state index in [2.05, 4.69) is 222 Å². The lowest BCUT2D eigenvalue weighted by Crippen LogP contribution is -2.10. The molecular formula is C54H36N4. The largest absolute Gasteiger partial charge is 0.311 e. The number of para-hydroxylation sites is 4. The van der Waals surface area contributed by atoms with Crippen molar-refractivity contribution in [3.63, 3.8) is 0 Å². The fraction of sp³-hybridized carbons (Fsp3) is 0. The normalized spacial score (nSPS) is 11.4. The number of aromatic nitrogens is 3. The summed E-state index contributed by atoms with van der Waals surface area (Å²) in [5.41, 5.74) is 14.4. The summed E-state index contributed by atoms with van der Waals surface area (Å²) < 4.78 is 2.36. The Kier molecular flexibility index (Phi) is 8.11. The van der Waals surface area contributed by atoms with Crippen LogP contribution in [0.1, 0.15) is 0 Å². The molecule has 0 saturated heterocycles. The third-order valence-electron chi connectivity index (χ3n) is 11.2. The minimum Gasteiger partial charge on any atom is -0.311 e. The van der Waals surface area contributed by atoms with Crippen LogP contribution in [0.5, 0.6) is 0 Å². The first-order chi connectivity index (χ1) is 28.8. The van der Waals surface area contributed by atoms with E-state index in [4.69, 9.17) is 9.97 Å². The van der Waals surface area contributed by atoms with Crippen LogP contribution in [0.2, 0.25) is 0 Å². The minimum atomic E-state index is 0.850. The lowest BCUT2D eigenvalue weighted by Gasteiger charge is -2.26. The van der Waals surface area contributed by atoms with Crippen molar-refractivity contribution in [3.8, 4) is 39.3 Å². The average molecular weight is 741 g/mol. The molecule has 0 amide bonds. The van der Waals surface area contributed by atoms with Crippen LogP contribution in [-0.2, 0) is 0 Å². The second-order valence-electron chi connectivity index (χ2n) is 14.6. The summed E-state index contributed by atoms with van der Waals surface area (Å²) in [6, 6.07) is 77.2. The number of benzene rings is 9. The van der Waals surface area contributed by atoms with Crippen LogP contribution in [0, 0.1) is 0 Å². The van der Waals surface area contributed by atoms with Crippen LogP contribution in [-0.4, -0.2) is 14.5 Å². The molecule has 2 heterocycles. The summed E-state index contributed by atoms with van der Waals surface area (Å²) >= 11 is 0. The van der Waals surface area contributed by atoms with Crippen molar-refractivity contribution in [1.29, 1.82) is 0 Å². The van der Waals surface area contributed by atoms with Gasteiger partial charge in [-0.2, -0.15) is 0 Å². The van der Waals surface area contributed by atoms with Gasteiger partial charge in [0.15, 0.2) is 0 Å². The van der Waals surface area contributed by atoms with E-state index in [9.17, 15) is 0 Å². The van der Waals surface area contributed by atoms with E-state index >= 15 is 0 Å². The number of hydrogen-bond donors (Lipinski definition) is 0. The standard InChI is InChI=1S/C54H36N4/c1-3-15-38(16-4-1)53-52(55-49-23-13-22-46(54(49)56-53)41-27-26-37-14-7-8-17-40(37)36-41)39-28-30-43(31-29-39)57(42-18-5-2-6-19-42)44-32-34-45(35-33-44)58-50-24-11-9-20-47(50)48-21-10-12-25-51(48)58/h1-36H. The fourth-order valence-corrected chi connectivity index (χ4v) is 8.41. The van der Waals surface area contributed by atoms with Crippen molar-refractivity contribution in [2.45, 2.75) is 0 Å². The van der Waals surface area contributed by atoms with Crippen molar-refractivity contribution in [1.82, 2.24) is 14.5 Å². The second-order valence-corrected chi connectivity index (χ2v) is 14.6. The van der Waals surface area contributed by atoms with E-state index in [0.717, 1.165) is 67.4 Å². The minimum absolute atomic E-state index is 0.850. The van der Waals surface area contributed by atoms with E-state index in [1.807, 2.05) is 6.07 Å². The predicted molar refractivity (Wildman–Crippen MR) is 242 cm³/mol. The highest BCUT2D eigenvalue weighted by Gasteiger charge is 2.19. The molecule has 11 aromatic rings. The van der Waals surface area contributed by atoms with Crippen molar-refractivity contribution >= 4 is 60.7 Å². The molecule has 0 radical (unpaired) electrons. The molecule has 2 aromatic heterocycles. The molecule has 0 N–H and O–H groups in total. The van der Waals surface area contributed by atoms with Gasteiger partial charge in [0.1, 0.15) is 0 Å². The molecule has 11 rings (SSSR count). The summed E-state index contributed by atoms with van der Waals surface area (Å²) in [4.78, 5) is 13.1. The van der Waals surface area contributed by atoms with E-state index < -0.39 is 0 Å². The molecule has 4 nitrogen and oxygen atoms in total. The third kappa shape index (κ3) is 5.78. The molecule has 0 saturated carbocycles. The van der Waals surface area contributed by atoms with Gasteiger partial charge in [0.2, 0.25) is 0 Å². The van der Waals surface area contributed by atoms with Crippen molar-refractivity contribution < 1.29 is 0 Å². The number of anilines is 3. The van der Waals surface area contributed by atoms with Gasteiger partial charge < -0.3 is 9.47 Å². The second kappa shape index (κ2) is 14.0. The van der Waals surface area contributed by atoms with Gasteiger partial charge in [-0.25, -0.2) is 9.97 Å². The summed E-state index contributed by atoms with van der Waals surface area (Å²) in [7, 11) is 0. The maximum Gasteiger partial charge on any atom is 0.0973 e. The molecule has 0 aliphatic carbocycles. The number of fused-ring (bicyclic) bond motifs is 5. The molecule has 9 aromatic carbocycles. The summed E-state index contributed by atoms with van der Waals surface area (Å²) in [5.74, 6) is 0. The summed E-state index contributed by atoms with van der Waals surface area (Å²) in [6.07, 6.45) is 0. The molecule has 0 bridgehead atoms. The van der Waals surface area contributed by atoms with Gasteiger partial charge in [0.25, 0.3) is 0 Å². The Hall–Kier alpha value is -7.82. The topological polar surface area (TPSA) is 34.0 Å². The molecule has 0 spiro atoms. The highest BCUT2D eigenvalue weighted by molar-refractivity contribution is 6.09. The molecule has 0 atom stereocenters. The van der Waals surface area contributed by atoms with Crippen LogP contribution < -0.4 is 4.90 Å². The van der Waals surface area contributed by atoms with Gasteiger partial charge in [-0.15, -0.1) is 0 Å². The van der Waals surface area contributed by atoms with Crippen molar-refractivity contribution in [2.75, 3.05) is 4.90 Å². The Morgan fingerprint density at radius 2 is 0.897 bits per heavy atom. The Bertz CT molecular complexity index is 3210. The van der Waals surface area contributed by atoms with Crippen LogP contribution in [0.15, 0.2) is 218 Å².